The lowest BCUT2D eigenvalue weighted by Gasteiger charge is -2.04. The second-order valence-electron chi connectivity index (χ2n) is 4.99. The highest BCUT2D eigenvalue weighted by Crippen LogP contribution is 2.28. The summed E-state index contributed by atoms with van der Waals surface area (Å²) in [5.74, 6) is 0. The van der Waals surface area contributed by atoms with E-state index in [2.05, 4.69) is 10.5 Å². The number of benzene rings is 3. The van der Waals surface area contributed by atoms with Gasteiger partial charge in [-0.2, -0.15) is 5.10 Å². The van der Waals surface area contributed by atoms with E-state index in [1.165, 1.54) is 0 Å². The lowest BCUT2D eigenvalue weighted by atomic mass is 10.0. The molecule has 4 heteroatoms. The Morgan fingerprint density at radius 3 is 2.13 bits per heavy atom. The molecule has 23 heavy (non-hydrogen) atoms. The minimum absolute atomic E-state index is 0.557. The monoisotopic (exact) mass is 340 g/mol. The van der Waals surface area contributed by atoms with E-state index >= 15 is 0 Å². The Kier molecular flexibility index (Phi) is 4.96. The van der Waals surface area contributed by atoms with Crippen molar-refractivity contribution < 1.29 is 0 Å². The molecule has 0 saturated heterocycles. The van der Waals surface area contributed by atoms with Crippen LogP contribution in [0.2, 0.25) is 10.0 Å². The fourth-order valence-corrected chi connectivity index (χ4v) is 2.43. The number of nitrogens with zero attached hydrogens (tertiary/aromatic N) is 1. The van der Waals surface area contributed by atoms with Crippen LogP contribution in [0, 0.1) is 0 Å². The molecule has 0 aromatic heterocycles. The van der Waals surface area contributed by atoms with Crippen molar-refractivity contribution in [3.8, 4) is 11.1 Å². The predicted molar refractivity (Wildman–Crippen MR) is 99.6 cm³/mol. The molecule has 2 nitrogen and oxygen atoms in total. The second-order valence-corrected chi connectivity index (χ2v) is 5.80. The van der Waals surface area contributed by atoms with E-state index in [1.54, 1.807) is 12.3 Å². The summed E-state index contributed by atoms with van der Waals surface area (Å²) in [6, 6.07) is 23.5. The van der Waals surface area contributed by atoms with Gasteiger partial charge in [0, 0.05) is 0 Å². The smallest absolute Gasteiger partial charge is 0.0598 e. The van der Waals surface area contributed by atoms with Gasteiger partial charge in [0.25, 0.3) is 0 Å². The maximum atomic E-state index is 6.06. The zero-order valence-corrected chi connectivity index (χ0v) is 13.7. The number of rotatable bonds is 4. The third-order valence-electron chi connectivity index (χ3n) is 3.34. The minimum atomic E-state index is 0.557. The topological polar surface area (TPSA) is 24.4 Å². The van der Waals surface area contributed by atoms with Crippen molar-refractivity contribution in [1.82, 2.24) is 0 Å². The molecule has 0 aliphatic heterocycles. The Morgan fingerprint density at radius 1 is 0.739 bits per heavy atom. The van der Waals surface area contributed by atoms with Crippen molar-refractivity contribution in [3.05, 3.63) is 88.4 Å². The predicted octanol–water partition coefficient (Wildman–Crippen LogP) is 6.11. The van der Waals surface area contributed by atoms with Gasteiger partial charge >= 0.3 is 0 Å². The quantitative estimate of drug-likeness (QED) is 0.449. The fourth-order valence-electron chi connectivity index (χ4n) is 2.13. The maximum absolute atomic E-state index is 6.06. The van der Waals surface area contributed by atoms with Crippen LogP contribution < -0.4 is 5.43 Å². The molecule has 3 aromatic carbocycles. The van der Waals surface area contributed by atoms with Crippen molar-refractivity contribution in [1.29, 1.82) is 0 Å². The van der Waals surface area contributed by atoms with E-state index in [1.807, 2.05) is 66.7 Å². The summed E-state index contributed by atoms with van der Waals surface area (Å²) in [6.07, 6.45) is 1.78. The van der Waals surface area contributed by atoms with Gasteiger partial charge in [-0.3, -0.25) is 5.43 Å². The molecule has 0 radical (unpaired) electrons. The Morgan fingerprint density at radius 2 is 1.43 bits per heavy atom. The van der Waals surface area contributed by atoms with Crippen LogP contribution in [0.1, 0.15) is 5.56 Å². The van der Waals surface area contributed by atoms with Crippen LogP contribution in [0.5, 0.6) is 0 Å². The zero-order chi connectivity index (χ0) is 16.1. The number of halogens is 2. The van der Waals surface area contributed by atoms with Crippen molar-refractivity contribution in [2.24, 2.45) is 5.10 Å². The van der Waals surface area contributed by atoms with E-state index in [4.69, 9.17) is 23.2 Å². The van der Waals surface area contributed by atoms with Crippen LogP contribution in [0.15, 0.2) is 77.9 Å². The molecular formula is C19H14Cl2N2. The Balaban J connectivity index is 1.70. The first kappa shape index (κ1) is 15.6. The van der Waals surface area contributed by atoms with E-state index < -0.39 is 0 Å². The van der Waals surface area contributed by atoms with Crippen molar-refractivity contribution in [2.75, 3.05) is 5.43 Å². The third-order valence-corrected chi connectivity index (χ3v) is 4.08. The summed E-state index contributed by atoms with van der Waals surface area (Å²) in [6.45, 7) is 0. The summed E-state index contributed by atoms with van der Waals surface area (Å²) in [4.78, 5) is 0. The number of para-hydroxylation sites is 1. The van der Waals surface area contributed by atoms with Gasteiger partial charge in [-0.05, 0) is 41.0 Å². The SMILES string of the molecule is Clc1ccc(-c2ccc(C=NNc3ccccc3)cc2)cc1Cl. The molecule has 0 aliphatic rings. The minimum Gasteiger partial charge on any atom is -0.279 e. The molecule has 1 N–H and O–H groups in total. The van der Waals surface area contributed by atoms with E-state index in [0.717, 1.165) is 22.4 Å². The lowest BCUT2D eigenvalue weighted by molar-refractivity contribution is 1.35. The molecule has 3 aromatic rings. The third kappa shape index (κ3) is 4.13. The lowest BCUT2D eigenvalue weighted by Crippen LogP contribution is -1.90. The summed E-state index contributed by atoms with van der Waals surface area (Å²) >= 11 is 12.0. The van der Waals surface area contributed by atoms with Gasteiger partial charge in [-0.1, -0.05) is 71.7 Å². The highest BCUT2D eigenvalue weighted by Gasteiger charge is 2.02. The second kappa shape index (κ2) is 7.32. The average molecular weight is 341 g/mol. The Bertz CT molecular complexity index is 813. The van der Waals surface area contributed by atoms with Crippen LogP contribution >= 0.6 is 23.2 Å². The summed E-state index contributed by atoms with van der Waals surface area (Å²) in [5, 5.41) is 5.34. The van der Waals surface area contributed by atoms with E-state index in [9.17, 15) is 0 Å². The van der Waals surface area contributed by atoms with Crippen LogP contribution in [0.3, 0.4) is 0 Å². The van der Waals surface area contributed by atoms with E-state index in [-0.39, 0.29) is 0 Å². The normalized spacial score (nSPS) is 10.9. The van der Waals surface area contributed by atoms with Gasteiger partial charge in [0.15, 0.2) is 0 Å². The van der Waals surface area contributed by atoms with Gasteiger partial charge in [-0.15, -0.1) is 0 Å². The molecule has 0 aliphatic carbocycles. The van der Waals surface area contributed by atoms with Crippen LogP contribution in [0.4, 0.5) is 5.69 Å². The molecule has 114 valence electrons. The Labute approximate surface area is 145 Å². The molecule has 0 spiro atoms. The van der Waals surface area contributed by atoms with E-state index in [0.29, 0.717) is 10.0 Å². The summed E-state index contributed by atoms with van der Waals surface area (Å²) < 4.78 is 0. The molecule has 0 heterocycles. The fraction of sp³-hybridized carbons (Fsp3) is 0. The van der Waals surface area contributed by atoms with Gasteiger partial charge < -0.3 is 0 Å². The molecule has 0 saturated carbocycles. The van der Waals surface area contributed by atoms with Crippen molar-refractivity contribution in [2.45, 2.75) is 0 Å². The summed E-state index contributed by atoms with van der Waals surface area (Å²) in [7, 11) is 0. The first-order valence-electron chi connectivity index (χ1n) is 7.12. The molecular weight excluding hydrogens is 327 g/mol. The molecule has 0 bridgehead atoms. The van der Waals surface area contributed by atoms with Crippen LogP contribution in [0.25, 0.3) is 11.1 Å². The van der Waals surface area contributed by atoms with Crippen molar-refractivity contribution >= 4 is 35.1 Å². The number of hydrazone groups is 1. The average Bonchev–Trinajstić information content (AvgIpc) is 2.59. The van der Waals surface area contributed by atoms with Gasteiger partial charge in [0.2, 0.25) is 0 Å². The molecule has 0 amide bonds. The molecule has 0 fully saturated rings. The number of nitrogens with one attached hydrogen (secondary N) is 1. The van der Waals surface area contributed by atoms with Crippen LogP contribution in [-0.4, -0.2) is 6.21 Å². The number of anilines is 1. The Hall–Kier alpha value is -2.29. The highest BCUT2D eigenvalue weighted by atomic mass is 35.5. The van der Waals surface area contributed by atoms with Gasteiger partial charge in [0.05, 0.1) is 21.9 Å². The maximum Gasteiger partial charge on any atom is 0.0598 e. The first-order chi connectivity index (χ1) is 11.2. The standard InChI is InChI=1S/C19H14Cl2N2/c20-18-11-10-16(12-19(18)21)15-8-6-14(7-9-15)13-22-23-17-4-2-1-3-5-17/h1-13,23H. The molecule has 0 atom stereocenters. The van der Waals surface area contributed by atoms with Crippen molar-refractivity contribution in [3.63, 3.8) is 0 Å². The van der Waals surface area contributed by atoms with Gasteiger partial charge in [0.1, 0.15) is 0 Å². The largest absolute Gasteiger partial charge is 0.279 e. The highest BCUT2D eigenvalue weighted by molar-refractivity contribution is 6.42. The molecule has 3 rings (SSSR count). The van der Waals surface area contributed by atoms with Gasteiger partial charge in [-0.25, -0.2) is 0 Å². The first-order valence-corrected chi connectivity index (χ1v) is 7.87. The number of hydrogen-bond acceptors (Lipinski definition) is 2. The van der Waals surface area contributed by atoms with Crippen LogP contribution in [-0.2, 0) is 0 Å². The number of hydrogen-bond donors (Lipinski definition) is 1. The summed E-state index contributed by atoms with van der Waals surface area (Å²) in [5.41, 5.74) is 7.07. The molecule has 0 unspecified atom stereocenters. The zero-order valence-electron chi connectivity index (χ0n) is 12.2.